The number of esters is 2. The van der Waals surface area contributed by atoms with Gasteiger partial charge in [-0.1, -0.05) is 112 Å². The maximum atomic E-state index is 15.1. The van der Waals surface area contributed by atoms with E-state index < -0.39 is 64.8 Å². The molecule has 3 atom stereocenters. The zero-order valence-corrected chi connectivity index (χ0v) is 37.0. The van der Waals surface area contributed by atoms with Crippen molar-refractivity contribution in [3.05, 3.63) is 155 Å². The molecule has 13 nitrogen and oxygen atoms in total. The predicted molar refractivity (Wildman–Crippen MR) is 242 cm³/mol. The molecule has 5 aromatic rings. The lowest BCUT2D eigenvalue weighted by Gasteiger charge is -2.41. The Labute approximate surface area is 378 Å². The minimum Gasteiger partial charge on any atom is -0.461 e. The van der Waals surface area contributed by atoms with Gasteiger partial charge in [0.05, 0.1) is 18.6 Å². The Hall–Kier alpha value is -6.71. The highest BCUT2D eigenvalue weighted by molar-refractivity contribution is 5.86. The van der Waals surface area contributed by atoms with Gasteiger partial charge in [-0.3, -0.25) is 19.2 Å². The molecule has 0 aliphatic carbocycles. The van der Waals surface area contributed by atoms with Crippen LogP contribution in [0.4, 0.5) is 8.78 Å². The molecule has 0 radical (unpaired) electrons. The zero-order valence-electron chi connectivity index (χ0n) is 37.0. The molecule has 0 saturated heterocycles. The number of nitrogens with one attached hydrogen (secondary N) is 2. The number of nitrogens with zero attached hydrogens (tertiary/aromatic N) is 2. The van der Waals surface area contributed by atoms with E-state index in [1.807, 2.05) is 92.1 Å². The van der Waals surface area contributed by atoms with Crippen LogP contribution in [0.3, 0.4) is 0 Å². The first-order valence-corrected chi connectivity index (χ1v) is 21.5. The molecule has 5 rings (SSSR count). The summed E-state index contributed by atoms with van der Waals surface area (Å²) in [7, 11) is 0. The van der Waals surface area contributed by atoms with E-state index in [4.69, 9.17) is 20.9 Å². The standard InChI is InChI=1S/C50H58F2N6O7/c1-50(2,3)47(43-27-37(39-28-38(51)19-20-40(39)52)31-57(43)30-34-13-7-4-8-14-34)58(45(60)29-53)26-24-41(54)48(62)55-25-23-44(59)56-42(49(63)65-33-36-17-11-6-12-18-36)21-22-46(61)64-32-35-15-9-5-10-16-35/h4-20,27-28,31,41-42,47H,21-26,29-30,32-33,53-54H2,1-3H3,(H,55,62)(H,56,59)/t41-,42+,47-/m0/s1. The number of hydrogen-bond acceptors (Lipinski definition) is 9. The van der Waals surface area contributed by atoms with Gasteiger partial charge >= 0.3 is 11.9 Å². The Morgan fingerprint density at radius 1 is 0.769 bits per heavy atom. The van der Waals surface area contributed by atoms with Gasteiger partial charge < -0.3 is 41.0 Å². The highest BCUT2D eigenvalue weighted by Crippen LogP contribution is 2.41. The summed E-state index contributed by atoms with van der Waals surface area (Å²) in [6.45, 7) is 5.73. The molecule has 15 heteroatoms. The van der Waals surface area contributed by atoms with Gasteiger partial charge in [0.15, 0.2) is 0 Å². The van der Waals surface area contributed by atoms with Gasteiger partial charge in [-0.15, -0.1) is 0 Å². The Morgan fingerprint density at radius 2 is 1.37 bits per heavy atom. The first-order chi connectivity index (χ1) is 31.1. The van der Waals surface area contributed by atoms with Crippen LogP contribution in [0.5, 0.6) is 0 Å². The molecule has 0 spiro atoms. The third-order valence-corrected chi connectivity index (χ3v) is 10.7. The van der Waals surface area contributed by atoms with E-state index in [0.29, 0.717) is 17.8 Å². The monoisotopic (exact) mass is 892 g/mol. The third-order valence-electron chi connectivity index (χ3n) is 10.7. The van der Waals surface area contributed by atoms with Crippen molar-refractivity contribution in [3.63, 3.8) is 0 Å². The number of hydrogen-bond donors (Lipinski definition) is 4. The number of rotatable bonds is 22. The smallest absolute Gasteiger partial charge is 0.328 e. The lowest BCUT2D eigenvalue weighted by Crippen LogP contribution is -2.48. The Morgan fingerprint density at radius 3 is 1.97 bits per heavy atom. The molecule has 0 fully saturated rings. The molecule has 0 unspecified atom stereocenters. The molecule has 1 aromatic heterocycles. The molecular weight excluding hydrogens is 835 g/mol. The number of nitrogens with two attached hydrogens (primary N) is 2. The first kappa shape index (κ1) is 49.3. The van der Waals surface area contributed by atoms with E-state index >= 15 is 4.39 Å². The molecule has 65 heavy (non-hydrogen) atoms. The van der Waals surface area contributed by atoms with Crippen molar-refractivity contribution < 1.29 is 42.2 Å². The maximum absolute atomic E-state index is 15.1. The van der Waals surface area contributed by atoms with Crippen LogP contribution in [0.25, 0.3) is 11.1 Å². The molecule has 0 saturated carbocycles. The van der Waals surface area contributed by atoms with Gasteiger partial charge in [-0.2, -0.15) is 0 Å². The lowest BCUT2D eigenvalue weighted by atomic mass is 9.82. The van der Waals surface area contributed by atoms with E-state index in [1.54, 1.807) is 41.4 Å². The molecule has 1 heterocycles. The van der Waals surface area contributed by atoms with Crippen molar-refractivity contribution in [2.24, 2.45) is 16.9 Å². The van der Waals surface area contributed by atoms with Crippen molar-refractivity contribution in [1.29, 1.82) is 0 Å². The van der Waals surface area contributed by atoms with E-state index in [-0.39, 0.29) is 64.1 Å². The van der Waals surface area contributed by atoms with Gasteiger partial charge in [0.25, 0.3) is 0 Å². The average molecular weight is 893 g/mol. The Kier molecular flexibility index (Phi) is 18.1. The van der Waals surface area contributed by atoms with Crippen molar-refractivity contribution in [2.75, 3.05) is 19.6 Å². The lowest BCUT2D eigenvalue weighted by molar-refractivity contribution is -0.150. The van der Waals surface area contributed by atoms with E-state index in [9.17, 15) is 28.4 Å². The molecule has 0 bridgehead atoms. The van der Waals surface area contributed by atoms with Crippen molar-refractivity contribution in [2.45, 2.75) is 84.3 Å². The fourth-order valence-corrected chi connectivity index (χ4v) is 7.38. The number of benzene rings is 4. The van der Waals surface area contributed by atoms with Crippen molar-refractivity contribution in [3.8, 4) is 11.1 Å². The number of halogens is 2. The van der Waals surface area contributed by atoms with Gasteiger partial charge in [-0.25, -0.2) is 13.6 Å². The summed E-state index contributed by atoms with van der Waals surface area (Å²) in [5.41, 5.74) is 15.3. The van der Waals surface area contributed by atoms with Gasteiger partial charge in [0.2, 0.25) is 17.7 Å². The van der Waals surface area contributed by atoms with Crippen molar-refractivity contribution >= 4 is 29.7 Å². The second-order valence-electron chi connectivity index (χ2n) is 16.8. The number of amides is 3. The molecule has 3 amide bonds. The summed E-state index contributed by atoms with van der Waals surface area (Å²) < 4.78 is 42.3. The molecule has 344 valence electrons. The topological polar surface area (TPSA) is 188 Å². The molecule has 4 aromatic carbocycles. The SMILES string of the molecule is CC(C)(C)[C@H](c1cc(-c2cc(F)ccc2F)cn1Cc1ccccc1)N(CC[C@H](N)C(=O)NCCC(=O)N[C@H](CCC(=O)OCc1ccccc1)C(=O)OCc1ccccc1)C(=O)CN. The quantitative estimate of drug-likeness (QED) is 0.0576. The summed E-state index contributed by atoms with van der Waals surface area (Å²) >= 11 is 0. The van der Waals surface area contributed by atoms with Crippen molar-refractivity contribution in [1.82, 2.24) is 20.1 Å². The minimum absolute atomic E-state index is 0.00771. The third kappa shape index (κ3) is 14.9. The summed E-state index contributed by atoms with van der Waals surface area (Å²) in [6.07, 6.45) is 1.26. The van der Waals surface area contributed by atoms with Crippen LogP contribution in [0.1, 0.15) is 74.9 Å². The summed E-state index contributed by atoms with van der Waals surface area (Å²) in [5.74, 6) is -4.08. The average Bonchev–Trinajstić information content (AvgIpc) is 3.70. The molecule has 0 aliphatic heterocycles. The normalized spacial score (nSPS) is 12.7. The molecule has 6 N–H and O–H groups in total. The predicted octanol–water partition coefficient (Wildman–Crippen LogP) is 6.33. The maximum Gasteiger partial charge on any atom is 0.328 e. The number of ether oxygens (including phenoxy) is 2. The minimum atomic E-state index is -1.17. The van der Waals surface area contributed by atoms with Crippen LogP contribution in [-0.2, 0) is 53.2 Å². The summed E-state index contributed by atoms with van der Waals surface area (Å²) in [6, 6.07) is 29.7. The van der Waals surface area contributed by atoms with Gasteiger partial charge in [0.1, 0.15) is 30.9 Å². The van der Waals surface area contributed by atoms with Crippen LogP contribution in [0.15, 0.2) is 121 Å². The van der Waals surface area contributed by atoms with Crippen LogP contribution in [0, 0.1) is 17.0 Å². The van der Waals surface area contributed by atoms with E-state index in [2.05, 4.69) is 10.6 Å². The second kappa shape index (κ2) is 23.8. The fraction of sp³-hybridized carbons (Fsp3) is 0.340. The summed E-state index contributed by atoms with van der Waals surface area (Å²) in [5, 5.41) is 5.28. The Bertz CT molecular complexity index is 2360. The van der Waals surface area contributed by atoms with E-state index in [0.717, 1.165) is 34.9 Å². The fourth-order valence-electron chi connectivity index (χ4n) is 7.38. The molecular formula is C50H58F2N6O7. The van der Waals surface area contributed by atoms with Crippen LogP contribution >= 0.6 is 0 Å². The number of aromatic nitrogens is 1. The highest BCUT2D eigenvalue weighted by Gasteiger charge is 2.37. The molecule has 0 aliphatic rings. The van der Waals surface area contributed by atoms with Crippen LogP contribution < -0.4 is 22.1 Å². The van der Waals surface area contributed by atoms with Gasteiger partial charge in [0, 0.05) is 55.5 Å². The number of carbonyl (C=O) groups is 5. The van der Waals surface area contributed by atoms with Gasteiger partial charge in [-0.05, 0) is 59.2 Å². The number of carbonyl (C=O) groups excluding carboxylic acids is 5. The second-order valence-corrected chi connectivity index (χ2v) is 16.8. The largest absolute Gasteiger partial charge is 0.461 e. The highest BCUT2D eigenvalue weighted by atomic mass is 19.1. The zero-order chi connectivity index (χ0) is 46.9. The summed E-state index contributed by atoms with van der Waals surface area (Å²) in [4.78, 5) is 67.4. The van der Waals surface area contributed by atoms with Crippen LogP contribution in [-0.4, -0.2) is 70.8 Å². The first-order valence-electron chi connectivity index (χ1n) is 21.5. The van der Waals surface area contributed by atoms with Crippen LogP contribution in [0.2, 0.25) is 0 Å². The Balaban J connectivity index is 1.23. The van der Waals surface area contributed by atoms with E-state index in [1.165, 1.54) is 0 Å².